The molecular formula is C15H26ClN3. The summed E-state index contributed by atoms with van der Waals surface area (Å²) in [7, 11) is 0. The zero-order chi connectivity index (χ0) is 14.0. The van der Waals surface area contributed by atoms with Gasteiger partial charge in [0.05, 0.1) is 0 Å². The maximum atomic E-state index is 6.22. The molecule has 2 rings (SSSR count). The second-order valence-corrected chi connectivity index (χ2v) is 7.29. The van der Waals surface area contributed by atoms with E-state index in [1.165, 1.54) is 32.1 Å². The highest BCUT2D eigenvalue weighted by Gasteiger charge is 2.26. The predicted molar refractivity (Wildman–Crippen MR) is 79.5 cm³/mol. The molecule has 0 aromatic carbocycles. The van der Waals surface area contributed by atoms with Crippen molar-refractivity contribution in [3.63, 3.8) is 0 Å². The van der Waals surface area contributed by atoms with E-state index in [-0.39, 0.29) is 5.41 Å². The Labute approximate surface area is 121 Å². The zero-order valence-corrected chi connectivity index (χ0v) is 13.4. The molecule has 1 fully saturated rings. The standard InChI is InChI=1S/C15H26ClN3/c1-5-11-6-8-12(9-7-11)10-19-13(15(2,3)4)17-18-14(19)16/h11-12H,5-10H2,1-4H3. The van der Waals surface area contributed by atoms with Crippen LogP contribution in [0.4, 0.5) is 0 Å². The summed E-state index contributed by atoms with van der Waals surface area (Å²) < 4.78 is 2.12. The summed E-state index contributed by atoms with van der Waals surface area (Å²) in [6.07, 6.45) is 6.69. The van der Waals surface area contributed by atoms with E-state index in [0.717, 1.165) is 24.2 Å². The molecule has 1 heterocycles. The second kappa shape index (κ2) is 5.82. The summed E-state index contributed by atoms with van der Waals surface area (Å²) in [4.78, 5) is 0. The van der Waals surface area contributed by atoms with Gasteiger partial charge in [-0.3, -0.25) is 0 Å². The van der Waals surface area contributed by atoms with Gasteiger partial charge in [-0.1, -0.05) is 47.0 Å². The topological polar surface area (TPSA) is 30.7 Å². The van der Waals surface area contributed by atoms with Crippen molar-refractivity contribution in [3.05, 3.63) is 11.1 Å². The van der Waals surface area contributed by atoms with E-state index in [1.54, 1.807) is 0 Å². The fraction of sp³-hybridized carbons (Fsp3) is 0.867. The molecule has 0 aliphatic heterocycles. The largest absolute Gasteiger partial charge is 0.301 e. The summed E-state index contributed by atoms with van der Waals surface area (Å²) >= 11 is 6.22. The zero-order valence-electron chi connectivity index (χ0n) is 12.6. The normalized spacial score (nSPS) is 24.7. The third kappa shape index (κ3) is 3.50. The molecule has 0 amide bonds. The maximum Gasteiger partial charge on any atom is 0.225 e. The Balaban J connectivity index is 2.06. The van der Waals surface area contributed by atoms with E-state index < -0.39 is 0 Å². The van der Waals surface area contributed by atoms with E-state index in [0.29, 0.717) is 5.28 Å². The summed E-state index contributed by atoms with van der Waals surface area (Å²) in [5.41, 5.74) is 0.000755. The SMILES string of the molecule is CCC1CCC(Cn2c(Cl)nnc2C(C)(C)C)CC1. The van der Waals surface area contributed by atoms with Gasteiger partial charge >= 0.3 is 0 Å². The molecule has 19 heavy (non-hydrogen) atoms. The molecule has 1 aromatic heterocycles. The van der Waals surface area contributed by atoms with Gasteiger partial charge in [0.25, 0.3) is 0 Å². The monoisotopic (exact) mass is 283 g/mol. The molecule has 1 aliphatic carbocycles. The fourth-order valence-electron chi connectivity index (χ4n) is 3.08. The Morgan fingerprint density at radius 3 is 2.21 bits per heavy atom. The van der Waals surface area contributed by atoms with Gasteiger partial charge in [-0.2, -0.15) is 0 Å². The van der Waals surface area contributed by atoms with Crippen molar-refractivity contribution in [3.8, 4) is 0 Å². The summed E-state index contributed by atoms with van der Waals surface area (Å²) in [5.74, 6) is 2.68. The van der Waals surface area contributed by atoms with Crippen LogP contribution in [0.25, 0.3) is 0 Å². The van der Waals surface area contributed by atoms with E-state index in [1.807, 2.05) is 0 Å². The quantitative estimate of drug-likeness (QED) is 0.821. The van der Waals surface area contributed by atoms with E-state index >= 15 is 0 Å². The van der Waals surface area contributed by atoms with Gasteiger partial charge in [0.2, 0.25) is 5.28 Å². The lowest BCUT2D eigenvalue weighted by Crippen LogP contribution is -2.24. The van der Waals surface area contributed by atoms with E-state index in [2.05, 4.69) is 42.5 Å². The van der Waals surface area contributed by atoms with Crippen LogP contribution in [0.15, 0.2) is 0 Å². The minimum atomic E-state index is 0.000755. The predicted octanol–water partition coefficient (Wildman–Crippen LogP) is 4.45. The van der Waals surface area contributed by atoms with Crippen molar-refractivity contribution in [1.29, 1.82) is 0 Å². The number of nitrogens with zero attached hydrogens (tertiary/aromatic N) is 3. The van der Waals surface area contributed by atoms with Crippen molar-refractivity contribution < 1.29 is 0 Å². The fourth-order valence-corrected chi connectivity index (χ4v) is 3.27. The molecular weight excluding hydrogens is 258 g/mol. The van der Waals surface area contributed by atoms with Crippen molar-refractivity contribution in [1.82, 2.24) is 14.8 Å². The molecule has 0 radical (unpaired) electrons. The van der Waals surface area contributed by atoms with Crippen LogP contribution in [0.3, 0.4) is 0 Å². The molecule has 1 saturated carbocycles. The minimum absolute atomic E-state index is 0.000755. The van der Waals surface area contributed by atoms with Crippen LogP contribution in [0, 0.1) is 11.8 Å². The van der Waals surface area contributed by atoms with Gasteiger partial charge in [-0.25, -0.2) is 0 Å². The molecule has 108 valence electrons. The van der Waals surface area contributed by atoms with Crippen LogP contribution in [0.5, 0.6) is 0 Å². The van der Waals surface area contributed by atoms with Crippen LogP contribution >= 0.6 is 11.6 Å². The first-order chi connectivity index (χ1) is 8.91. The molecule has 1 aromatic rings. The molecule has 0 spiro atoms. The lowest BCUT2D eigenvalue weighted by Gasteiger charge is -2.29. The Kier molecular flexibility index (Phi) is 4.54. The van der Waals surface area contributed by atoms with Crippen molar-refractivity contribution in [2.45, 2.75) is 71.8 Å². The Bertz CT molecular complexity index is 412. The second-order valence-electron chi connectivity index (χ2n) is 6.95. The number of hydrogen-bond donors (Lipinski definition) is 0. The van der Waals surface area contributed by atoms with Crippen LogP contribution in [-0.4, -0.2) is 14.8 Å². The minimum Gasteiger partial charge on any atom is -0.301 e. The van der Waals surface area contributed by atoms with Gasteiger partial charge in [-0.05, 0) is 36.3 Å². The Hall–Kier alpha value is -0.570. The lowest BCUT2D eigenvalue weighted by molar-refractivity contribution is 0.244. The summed E-state index contributed by atoms with van der Waals surface area (Å²) in [6.45, 7) is 9.78. The van der Waals surface area contributed by atoms with Crippen molar-refractivity contribution in [2.75, 3.05) is 0 Å². The Morgan fingerprint density at radius 2 is 1.68 bits per heavy atom. The first-order valence-electron chi connectivity index (χ1n) is 7.51. The average molecular weight is 284 g/mol. The van der Waals surface area contributed by atoms with Crippen molar-refractivity contribution >= 4 is 11.6 Å². The van der Waals surface area contributed by atoms with Crippen LogP contribution in [0.2, 0.25) is 5.28 Å². The van der Waals surface area contributed by atoms with Crippen LogP contribution in [0.1, 0.15) is 65.6 Å². The van der Waals surface area contributed by atoms with Gasteiger partial charge in [-0.15, -0.1) is 10.2 Å². The lowest BCUT2D eigenvalue weighted by atomic mass is 9.81. The number of aromatic nitrogens is 3. The van der Waals surface area contributed by atoms with Crippen LogP contribution in [-0.2, 0) is 12.0 Å². The number of halogens is 1. The molecule has 0 bridgehead atoms. The van der Waals surface area contributed by atoms with Crippen LogP contribution < -0.4 is 0 Å². The molecule has 3 nitrogen and oxygen atoms in total. The molecule has 0 unspecified atom stereocenters. The number of rotatable bonds is 3. The Morgan fingerprint density at radius 1 is 1.11 bits per heavy atom. The highest BCUT2D eigenvalue weighted by Crippen LogP contribution is 2.33. The summed E-state index contributed by atoms with van der Waals surface area (Å²) in [5, 5.41) is 8.87. The average Bonchev–Trinajstić information content (AvgIpc) is 2.72. The molecule has 4 heteroatoms. The van der Waals surface area contributed by atoms with Gasteiger partial charge in [0.15, 0.2) is 0 Å². The third-order valence-corrected chi connectivity index (χ3v) is 4.64. The first kappa shape index (κ1) is 14.8. The van der Waals surface area contributed by atoms with E-state index in [4.69, 9.17) is 11.6 Å². The summed E-state index contributed by atoms with van der Waals surface area (Å²) in [6, 6.07) is 0. The highest BCUT2D eigenvalue weighted by atomic mass is 35.5. The molecule has 1 aliphatic rings. The van der Waals surface area contributed by atoms with E-state index in [9.17, 15) is 0 Å². The first-order valence-corrected chi connectivity index (χ1v) is 7.88. The smallest absolute Gasteiger partial charge is 0.225 e. The molecule has 0 saturated heterocycles. The molecule has 0 N–H and O–H groups in total. The van der Waals surface area contributed by atoms with Gasteiger partial charge in [0, 0.05) is 12.0 Å². The maximum absolute atomic E-state index is 6.22. The molecule has 0 atom stereocenters. The number of hydrogen-bond acceptors (Lipinski definition) is 2. The third-order valence-electron chi connectivity index (χ3n) is 4.36. The van der Waals surface area contributed by atoms with Gasteiger partial charge < -0.3 is 4.57 Å². The van der Waals surface area contributed by atoms with Gasteiger partial charge in [0.1, 0.15) is 5.82 Å². The highest BCUT2D eigenvalue weighted by molar-refractivity contribution is 6.28. The van der Waals surface area contributed by atoms with Crippen molar-refractivity contribution in [2.24, 2.45) is 11.8 Å².